The molecule has 0 aliphatic rings. The van der Waals surface area contributed by atoms with Gasteiger partial charge in [0.15, 0.2) is 5.43 Å². The van der Waals surface area contributed by atoms with Crippen LogP contribution in [0.1, 0.15) is 46.0 Å². The van der Waals surface area contributed by atoms with Gasteiger partial charge in [-0.2, -0.15) is 0 Å². The third kappa shape index (κ3) is 4.38. The summed E-state index contributed by atoms with van der Waals surface area (Å²) in [5.41, 5.74) is 1.61. The van der Waals surface area contributed by atoms with Crippen LogP contribution in [0, 0.1) is 0 Å². The number of hydrogen-bond acceptors (Lipinski definition) is 2. The molecule has 1 aromatic heterocycles. The Kier molecular flexibility index (Phi) is 6.28. The quantitative estimate of drug-likeness (QED) is 0.468. The van der Waals surface area contributed by atoms with Gasteiger partial charge in [0, 0.05) is 16.8 Å². The second-order valence-electron chi connectivity index (χ2n) is 7.27. The normalized spacial score (nSPS) is 12.4. The molecule has 0 fully saturated rings. The maximum absolute atomic E-state index is 12.8. The van der Waals surface area contributed by atoms with E-state index in [0.717, 1.165) is 23.9 Å². The van der Waals surface area contributed by atoms with Crippen LogP contribution in [0.15, 0.2) is 53.3 Å². The molecule has 142 valence electrons. The van der Waals surface area contributed by atoms with Gasteiger partial charge in [-0.3, -0.25) is 9.59 Å². The lowest BCUT2D eigenvalue weighted by molar-refractivity contribution is -0.122. The summed E-state index contributed by atoms with van der Waals surface area (Å²) in [7, 11) is 0. The van der Waals surface area contributed by atoms with Gasteiger partial charge in [-0.25, -0.2) is 0 Å². The monoisotopic (exact) mass is 364 g/mol. The lowest BCUT2D eigenvalue weighted by Crippen LogP contribution is -2.35. The van der Waals surface area contributed by atoms with Crippen molar-refractivity contribution in [2.24, 2.45) is 0 Å². The van der Waals surface area contributed by atoms with Crippen molar-refractivity contribution in [2.45, 2.75) is 58.5 Å². The number of nitrogens with zero attached hydrogens (tertiary/aromatic N) is 1. The zero-order valence-electron chi connectivity index (χ0n) is 16.2. The highest BCUT2D eigenvalue weighted by Crippen LogP contribution is 2.19. The molecular weight excluding hydrogens is 336 g/mol. The third-order valence-electron chi connectivity index (χ3n) is 5.08. The number of pyridine rings is 1. The lowest BCUT2D eigenvalue weighted by atomic mass is 10.1. The molecule has 4 nitrogen and oxygen atoms in total. The molecule has 1 heterocycles. The number of rotatable bonds is 8. The van der Waals surface area contributed by atoms with Crippen molar-refractivity contribution in [3.05, 3.63) is 58.8 Å². The number of hydrogen-bond donors (Lipinski definition) is 1. The van der Waals surface area contributed by atoms with E-state index < -0.39 is 0 Å². The number of carbonyl (C=O) groups is 1. The van der Waals surface area contributed by atoms with Crippen LogP contribution >= 0.6 is 0 Å². The summed E-state index contributed by atoms with van der Waals surface area (Å²) in [6, 6.07) is 15.2. The van der Waals surface area contributed by atoms with E-state index in [2.05, 4.69) is 19.2 Å². The van der Waals surface area contributed by atoms with Crippen molar-refractivity contribution in [1.29, 1.82) is 0 Å². The molecule has 0 aliphatic heterocycles. The Morgan fingerprint density at radius 2 is 1.56 bits per heavy atom. The first-order valence-electron chi connectivity index (χ1n) is 9.91. The van der Waals surface area contributed by atoms with Crippen molar-refractivity contribution in [3.8, 4) is 0 Å². The Labute approximate surface area is 160 Å². The predicted octanol–water partition coefficient (Wildman–Crippen LogP) is 4.63. The number of benzene rings is 2. The molecule has 0 bridgehead atoms. The Morgan fingerprint density at radius 1 is 0.963 bits per heavy atom. The van der Waals surface area contributed by atoms with Crippen LogP contribution in [0.2, 0.25) is 0 Å². The highest BCUT2D eigenvalue weighted by molar-refractivity contribution is 5.94. The molecule has 3 rings (SSSR count). The summed E-state index contributed by atoms with van der Waals surface area (Å²) in [6.45, 7) is 4.47. The molecule has 27 heavy (non-hydrogen) atoms. The minimum atomic E-state index is -0.0167. The lowest BCUT2D eigenvalue weighted by Gasteiger charge is -2.17. The van der Waals surface area contributed by atoms with E-state index >= 15 is 0 Å². The Bertz CT molecular complexity index is 930. The van der Waals surface area contributed by atoms with E-state index in [1.165, 1.54) is 19.3 Å². The molecular formula is C23H28N2O2. The van der Waals surface area contributed by atoms with Gasteiger partial charge in [0.05, 0.1) is 11.0 Å². The highest BCUT2D eigenvalue weighted by Gasteiger charge is 2.14. The van der Waals surface area contributed by atoms with Crippen molar-refractivity contribution >= 4 is 27.7 Å². The summed E-state index contributed by atoms with van der Waals surface area (Å²) < 4.78 is 1.95. The largest absolute Gasteiger partial charge is 0.352 e. The number of fused-ring (bicyclic) bond motifs is 2. The van der Waals surface area contributed by atoms with Crippen LogP contribution in [0.5, 0.6) is 0 Å². The molecule has 0 saturated carbocycles. The zero-order chi connectivity index (χ0) is 19.2. The molecule has 4 heteroatoms. The average molecular weight is 364 g/mol. The van der Waals surface area contributed by atoms with E-state index in [4.69, 9.17) is 0 Å². The zero-order valence-corrected chi connectivity index (χ0v) is 16.2. The topological polar surface area (TPSA) is 51.1 Å². The fraction of sp³-hybridized carbons (Fsp3) is 0.391. The summed E-state index contributed by atoms with van der Waals surface area (Å²) in [5.74, 6) is -0.0167. The third-order valence-corrected chi connectivity index (χ3v) is 5.08. The summed E-state index contributed by atoms with van der Waals surface area (Å²) in [5, 5.41) is 4.41. The molecule has 1 amide bonds. The van der Waals surface area contributed by atoms with E-state index in [-0.39, 0.29) is 23.9 Å². The van der Waals surface area contributed by atoms with Crippen LogP contribution in [0.4, 0.5) is 0 Å². The molecule has 0 aliphatic carbocycles. The maximum atomic E-state index is 12.8. The fourth-order valence-corrected chi connectivity index (χ4v) is 3.66. The smallest absolute Gasteiger partial charge is 0.240 e. The SMILES string of the molecule is CCCCCCC(C)NC(=O)Cn1c2ccccc2c(=O)c2ccccc21. The van der Waals surface area contributed by atoms with Gasteiger partial charge < -0.3 is 9.88 Å². The first kappa shape index (κ1) is 19.2. The first-order valence-corrected chi connectivity index (χ1v) is 9.91. The van der Waals surface area contributed by atoms with Gasteiger partial charge in [0.25, 0.3) is 0 Å². The van der Waals surface area contributed by atoms with Crippen LogP contribution in [0.25, 0.3) is 21.8 Å². The molecule has 1 unspecified atom stereocenters. The van der Waals surface area contributed by atoms with Crippen LogP contribution < -0.4 is 10.7 Å². The molecule has 1 N–H and O–H groups in total. The van der Waals surface area contributed by atoms with Crippen LogP contribution in [-0.4, -0.2) is 16.5 Å². The molecule has 1 atom stereocenters. The average Bonchev–Trinajstić information content (AvgIpc) is 2.68. The highest BCUT2D eigenvalue weighted by atomic mass is 16.2. The molecule has 0 spiro atoms. The van der Waals surface area contributed by atoms with Gasteiger partial charge in [0.2, 0.25) is 5.91 Å². The molecule has 3 aromatic rings. The van der Waals surface area contributed by atoms with E-state index in [1.54, 1.807) is 0 Å². The number of nitrogens with one attached hydrogen (secondary N) is 1. The molecule has 2 aromatic carbocycles. The van der Waals surface area contributed by atoms with Gasteiger partial charge in [-0.15, -0.1) is 0 Å². The number of unbranched alkanes of at least 4 members (excludes halogenated alkanes) is 3. The Balaban J connectivity index is 1.84. The van der Waals surface area contributed by atoms with Gasteiger partial charge in [-0.05, 0) is 37.6 Å². The number of aromatic nitrogens is 1. The summed E-state index contributed by atoms with van der Waals surface area (Å²) in [4.78, 5) is 25.4. The summed E-state index contributed by atoms with van der Waals surface area (Å²) >= 11 is 0. The minimum Gasteiger partial charge on any atom is -0.352 e. The van der Waals surface area contributed by atoms with E-state index in [0.29, 0.717) is 10.8 Å². The summed E-state index contributed by atoms with van der Waals surface area (Å²) in [6.07, 6.45) is 5.81. The molecule has 0 radical (unpaired) electrons. The Morgan fingerprint density at radius 3 is 2.15 bits per heavy atom. The fourth-order valence-electron chi connectivity index (χ4n) is 3.66. The van der Waals surface area contributed by atoms with Gasteiger partial charge in [0.1, 0.15) is 6.54 Å². The first-order chi connectivity index (χ1) is 13.1. The van der Waals surface area contributed by atoms with E-state index in [9.17, 15) is 9.59 Å². The van der Waals surface area contributed by atoms with Crippen molar-refractivity contribution in [1.82, 2.24) is 9.88 Å². The van der Waals surface area contributed by atoms with E-state index in [1.807, 2.05) is 53.1 Å². The van der Waals surface area contributed by atoms with Crippen molar-refractivity contribution < 1.29 is 4.79 Å². The van der Waals surface area contributed by atoms with Gasteiger partial charge >= 0.3 is 0 Å². The Hall–Kier alpha value is -2.62. The van der Waals surface area contributed by atoms with Crippen LogP contribution in [-0.2, 0) is 11.3 Å². The predicted molar refractivity (Wildman–Crippen MR) is 112 cm³/mol. The van der Waals surface area contributed by atoms with Gasteiger partial charge in [-0.1, -0.05) is 56.9 Å². The molecule has 0 saturated heterocycles. The number of amides is 1. The van der Waals surface area contributed by atoms with Crippen molar-refractivity contribution in [2.75, 3.05) is 0 Å². The number of carbonyl (C=O) groups excluding carboxylic acids is 1. The van der Waals surface area contributed by atoms with Crippen molar-refractivity contribution in [3.63, 3.8) is 0 Å². The van der Waals surface area contributed by atoms with Crippen LogP contribution in [0.3, 0.4) is 0 Å². The number of para-hydroxylation sites is 2. The standard InChI is InChI=1S/C23H28N2O2/c1-3-4-5-6-11-17(2)24-22(26)16-25-20-14-9-7-12-18(20)23(27)19-13-8-10-15-21(19)25/h7-10,12-15,17H,3-6,11,16H2,1-2H3,(H,24,26). The maximum Gasteiger partial charge on any atom is 0.240 e. The minimum absolute atomic E-state index is 0.0159. The second kappa shape index (κ2) is 8.85. The second-order valence-corrected chi connectivity index (χ2v) is 7.27.